The maximum atomic E-state index is 14.1. The van der Waals surface area contributed by atoms with Gasteiger partial charge in [0, 0.05) is 27.1 Å². The van der Waals surface area contributed by atoms with E-state index in [4.69, 9.17) is 4.99 Å². The van der Waals surface area contributed by atoms with Gasteiger partial charge in [-0.15, -0.1) is 0 Å². The number of nitrogens with zero attached hydrogens (tertiary/aromatic N) is 3. The van der Waals surface area contributed by atoms with Crippen LogP contribution in [0.25, 0.3) is 17.5 Å². The third-order valence-electron chi connectivity index (χ3n) is 7.83. The minimum Gasteiger partial charge on any atom is -0.318 e. The Morgan fingerprint density at radius 1 is 0.949 bits per heavy atom. The van der Waals surface area contributed by atoms with Crippen molar-refractivity contribution in [2.75, 3.05) is 0 Å². The summed E-state index contributed by atoms with van der Waals surface area (Å²) in [6, 6.07) is 29.3. The molecule has 39 heavy (non-hydrogen) atoms. The van der Waals surface area contributed by atoms with Crippen LogP contribution in [0.15, 0.2) is 105 Å². The molecule has 0 fully saturated rings. The third-order valence-corrected chi connectivity index (χ3v) is 9.34. The van der Waals surface area contributed by atoms with Crippen LogP contribution >= 0.6 is 27.3 Å². The molecule has 6 heteroatoms. The molecule has 0 bridgehead atoms. The molecule has 1 aliphatic carbocycles. The van der Waals surface area contributed by atoms with Crippen molar-refractivity contribution in [1.82, 2.24) is 9.13 Å². The molecule has 2 aliphatic rings. The Kier molecular flexibility index (Phi) is 5.90. The highest BCUT2D eigenvalue weighted by Gasteiger charge is 2.32. The van der Waals surface area contributed by atoms with E-state index in [2.05, 4.69) is 113 Å². The fourth-order valence-electron chi connectivity index (χ4n) is 6.02. The van der Waals surface area contributed by atoms with E-state index in [9.17, 15) is 4.79 Å². The number of rotatable bonds is 3. The summed E-state index contributed by atoms with van der Waals surface area (Å²) < 4.78 is 5.91. The molecule has 4 nitrogen and oxygen atoms in total. The van der Waals surface area contributed by atoms with Gasteiger partial charge in [-0.1, -0.05) is 81.9 Å². The average molecular weight is 593 g/mol. The average Bonchev–Trinajstić information content (AvgIpc) is 3.42. The van der Waals surface area contributed by atoms with Gasteiger partial charge in [0.2, 0.25) is 0 Å². The minimum absolute atomic E-state index is 0.0199. The lowest BCUT2D eigenvalue weighted by atomic mass is 9.83. The summed E-state index contributed by atoms with van der Waals surface area (Å²) in [6.45, 7) is 4.22. The molecule has 7 rings (SSSR count). The van der Waals surface area contributed by atoms with Crippen LogP contribution in [0.4, 0.5) is 0 Å². The summed E-state index contributed by atoms with van der Waals surface area (Å²) in [5.41, 5.74) is 10.3. The maximum Gasteiger partial charge on any atom is 0.271 e. The van der Waals surface area contributed by atoms with Crippen molar-refractivity contribution in [2.24, 2.45) is 4.99 Å². The molecule has 3 heterocycles. The van der Waals surface area contributed by atoms with Crippen molar-refractivity contribution in [2.45, 2.75) is 32.7 Å². The van der Waals surface area contributed by atoms with Crippen LogP contribution in [-0.2, 0) is 6.42 Å². The predicted octanol–water partition coefficient (Wildman–Crippen LogP) is 6.49. The van der Waals surface area contributed by atoms with Crippen molar-refractivity contribution in [1.29, 1.82) is 0 Å². The fourth-order valence-corrected chi connectivity index (χ4v) is 7.28. The summed E-state index contributed by atoms with van der Waals surface area (Å²) in [6.07, 6.45) is 3.90. The fraction of sp³-hybridized carbons (Fsp3) is 0.152. The maximum absolute atomic E-state index is 14.1. The second-order valence-corrected chi connectivity index (χ2v) is 12.1. The Hall–Kier alpha value is -3.74. The lowest BCUT2D eigenvalue weighted by molar-refractivity contribution is 0.585. The van der Waals surface area contributed by atoms with Gasteiger partial charge >= 0.3 is 0 Å². The first-order valence-corrected chi connectivity index (χ1v) is 14.7. The minimum atomic E-state index is -0.150. The van der Waals surface area contributed by atoms with Gasteiger partial charge < -0.3 is 4.57 Å². The van der Waals surface area contributed by atoms with Gasteiger partial charge in [-0.3, -0.25) is 9.36 Å². The molecule has 0 spiro atoms. The highest BCUT2D eigenvalue weighted by molar-refractivity contribution is 9.10. The summed E-state index contributed by atoms with van der Waals surface area (Å²) in [5, 5.41) is 0. The molecule has 5 aromatic rings. The number of aryl methyl sites for hydroxylation is 2. The molecule has 1 atom stereocenters. The Labute approximate surface area is 239 Å². The number of thiazole rings is 1. The lowest BCUT2D eigenvalue weighted by Gasteiger charge is -2.30. The van der Waals surface area contributed by atoms with Gasteiger partial charge in [0.1, 0.15) is 0 Å². The Balaban J connectivity index is 1.43. The SMILES string of the molecule is Cc1cc(/C=c2/sc3n(c2=O)[C@@H](c2ccccc2)C2=C(N=3)c3ccccc3CC2)c(C)n1-c1ccc(Br)cc1. The first-order chi connectivity index (χ1) is 19.0. The van der Waals surface area contributed by atoms with Crippen LogP contribution < -0.4 is 14.9 Å². The topological polar surface area (TPSA) is 39.3 Å². The Morgan fingerprint density at radius 3 is 2.49 bits per heavy atom. The molecular weight excluding hydrogens is 566 g/mol. The Bertz CT molecular complexity index is 1960. The Morgan fingerprint density at radius 2 is 1.69 bits per heavy atom. The van der Waals surface area contributed by atoms with Crippen LogP contribution in [0.1, 0.15) is 46.1 Å². The molecule has 0 saturated carbocycles. The zero-order valence-corrected chi connectivity index (χ0v) is 24.1. The summed E-state index contributed by atoms with van der Waals surface area (Å²) in [5.74, 6) is 0. The van der Waals surface area contributed by atoms with Gasteiger partial charge in [0.05, 0.1) is 16.3 Å². The molecule has 0 radical (unpaired) electrons. The van der Waals surface area contributed by atoms with Crippen LogP contribution in [-0.4, -0.2) is 9.13 Å². The van der Waals surface area contributed by atoms with E-state index in [1.165, 1.54) is 28.0 Å². The monoisotopic (exact) mass is 591 g/mol. The van der Waals surface area contributed by atoms with E-state index < -0.39 is 0 Å². The van der Waals surface area contributed by atoms with E-state index in [1.807, 2.05) is 16.7 Å². The number of fused-ring (bicyclic) bond motifs is 3. The zero-order chi connectivity index (χ0) is 26.7. The highest BCUT2D eigenvalue weighted by Crippen LogP contribution is 2.41. The van der Waals surface area contributed by atoms with E-state index in [0.29, 0.717) is 4.53 Å². The summed E-state index contributed by atoms with van der Waals surface area (Å²) in [4.78, 5) is 20.0. The number of hydrogen-bond acceptors (Lipinski definition) is 3. The van der Waals surface area contributed by atoms with Crippen LogP contribution in [0.3, 0.4) is 0 Å². The second kappa shape index (κ2) is 9.47. The molecular formula is C33H26BrN3OS. The second-order valence-electron chi connectivity index (χ2n) is 10.2. The quantitative estimate of drug-likeness (QED) is 0.236. The van der Waals surface area contributed by atoms with Crippen molar-refractivity contribution in [3.8, 4) is 5.69 Å². The molecule has 192 valence electrons. The highest BCUT2D eigenvalue weighted by atomic mass is 79.9. The van der Waals surface area contributed by atoms with E-state index in [0.717, 1.165) is 56.0 Å². The van der Waals surface area contributed by atoms with Crippen LogP contribution in [0.2, 0.25) is 0 Å². The van der Waals surface area contributed by atoms with E-state index in [1.54, 1.807) is 0 Å². The molecule has 0 unspecified atom stereocenters. The zero-order valence-electron chi connectivity index (χ0n) is 21.7. The molecule has 0 amide bonds. The number of allylic oxidation sites excluding steroid dienone is 1. The first-order valence-electron chi connectivity index (χ1n) is 13.1. The van der Waals surface area contributed by atoms with Gasteiger partial charge in [-0.25, -0.2) is 4.99 Å². The first kappa shape index (κ1) is 24.3. The predicted molar refractivity (Wildman–Crippen MR) is 162 cm³/mol. The van der Waals surface area contributed by atoms with Crippen molar-refractivity contribution in [3.63, 3.8) is 0 Å². The number of benzene rings is 3. The number of hydrogen-bond donors (Lipinski definition) is 0. The number of halogens is 1. The van der Waals surface area contributed by atoms with Crippen molar-refractivity contribution in [3.05, 3.63) is 148 Å². The normalized spacial score (nSPS) is 16.5. The van der Waals surface area contributed by atoms with Gasteiger partial charge in [-0.05, 0) is 85.4 Å². The molecule has 1 aliphatic heterocycles. The smallest absolute Gasteiger partial charge is 0.271 e. The van der Waals surface area contributed by atoms with Gasteiger partial charge in [0.15, 0.2) is 4.80 Å². The molecule has 0 N–H and O–H groups in total. The third kappa shape index (κ3) is 4.01. The standard InChI is InChI=1S/C33H26BrN3OS/c1-20-18-24(21(2)36(20)26-15-13-25(34)14-16-26)19-29-32(38)37-31(23-9-4-3-5-10-23)28-17-12-22-8-6-7-11-27(22)30(28)35-33(37)39-29/h3-11,13-16,18-19,31H,12,17H2,1-2H3/b29-19+/t31-/m0/s1. The molecule has 0 saturated heterocycles. The van der Waals surface area contributed by atoms with Gasteiger partial charge in [0.25, 0.3) is 5.56 Å². The molecule has 2 aromatic heterocycles. The van der Waals surface area contributed by atoms with E-state index >= 15 is 0 Å². The van der Waals surface area contributed by atoms with Crippen LogP contribution in [0.5, 0.6) is 0 Å². The molecule has 3 aromatic carbocycles. The largest absolute Gasteiger partial charge is 0.318 e. The van der Waals surface area contributed by atoms with Crippen LogP contribution in [0, 0.1) is 13.8 Å². The van der Waals surface area contributed by atoms with Gasteiger partial charge in [-0.2, -0.15) is 0 Å². The lowest BCUT2D eigenvalue weighted by Crippen LogP contribution is -2.38. The number of aromatic nitrogens is 2. The summed E-state index contributed by atoms with van der Waals surface area (Å²) >= 11 is 5.02. The van der Waals surface area contributed by atoms with Crippen molar-refractivity contribution >= 4 is 39.0 Å². The van der Waals surface area contributed by atoms with Crippen molar-refractivity contribution < 1.29 is 0 Å². The van der Waals surface area contributed by atoms with E-state index in [-0.39, 0.29) is 11.6 Å². The summed E-state index contributed by atoms with van der Waals surface area (Å²) in [7, 11) is 0.